The molecular weight excluding hydrogens is 246 g/mol. The fraction of sp³-hybridized carbons (Fsp3) is 0.357. The fourth-order valence-electron chi connectivity index (χ4n) is 1.56. The van der Waals surface area contributed by atoms with Crippen molar-refractivity contribution in [1.82, 2.24) is 0 Å². The van der Waals surface area contributed by atoms with Crippen LogP contribution in [-0.2, 0) is 14.3 Å². The number of ketones is 1. The molecule has 1 N–H and O–H groups in total. The van der Waals surface area contributed by atoms with Crippen molar-refractivity contribution >= 4 is 23.3 Å². The predicted molar refractivity (Wildman–Crippen MR) is 70.9 cm³/mol. The van der Waals surface area contributed by atoms with Gasteiger partial charge < -0.3 is 10.1 Å². The molecule has 0 bridgehead atoms. The minimum Gasteiger partial charge on any atom is -0.469 e. The van der Waals surface area contributed by atoms with Gasteiger partial charge in [-0.05, 0) is 31.2 Å². The number of esters is 1. The number of benzene rings is 1. The monoisotopic (exact) mass is 263 g/mol. The van der Waals surface area contributed by atoms with Crippen LogP contribution in [0.4, 0.5) is 5.69 Å². The van der Waals surface area contributed by atoms with Crippen LogP contribution in [0.5, 0.6) is 0 Å². The second kappa shape index (κ2) is 6.68. The Labute approximate surface area is 111 Å². The van der Waals surface area contributed by atoms with E-state index in [4.69, 9.17) is 0 Å². The lowest BCUT2D eigenvalue weighted by Gasteiger charge is -2.09. The number of ether oxygens (including phenoxy) is 1. The van der Waals surface area contributed by atoms with Gasteiger partial charge in [0.15, 0.2) is 5.78 Å². The van der Waals surface area contributed by atoms with Gasteiger partial charge in [-0.25, -0.2) is 0 Å². The number of carbonyl (C=O) groups is 3. The number of amides is 1. The van der Waals surface area contributed by atoms with E-state index in [-0.39, 0.29) is 18.1 Å². The van der Waals surface area contributed by atoms with Crippen molar-refractivity contribution < 1.29 is 19.1 Å². The Morgan fingerprint density at radius 2 is 1.79 bits per heavy atom. The van der Waals surface area contributed by atoms with E-state index in [1.807, 2.05) is 0 Å². The maximum atomic E-state index is 11.7. The number of nitrogens with one attached hydrogen (secondary N) is 1. The van der Waals surface area contributed by atoms with Crippen LogP contribution in [0.2, 0.25) is 0 Å². The molecule has 1 unspecified atom stereocenters. The molecule has 0 aliphatic carbocycles. The molecule has 19 heavy (non-hydrogen) atoms. The zero-order chi connectivity index (χ0) is 14.4. The first-order valence-corrected chi connectivity index (χ1v) is 5.92. The molecule has 5 heteroatoms. The van der Waals surface area contributed by atoms with Crippen molar-refractivity contribution in [2.45, 2.75) is 20.3 Å². The van der Waals surface area contributed by atoms with Gasteiger partial charge >= 0.3 is 5.97 Å². The summed E-state index contributed by atoms with van der Waals surface area (Å²) in [5.41, 5.74) is 1.17. The van der Waals surface area contributed by atoms with E-state index in [0.717, 1.165) is 0 Å². The highest BCUT2D eigenvalue weighted by Crippen LogP contribution is 2.12. The maximum Gasteiger partial charge on any atom is 0.308 e. The topological polar surface area (TPSA) is 72.5 Å². The molecule has 0 radical (unpaired) electrons. The van der Waals surface area contributed by atoms with Crippen molar-refractivity contribution in [3.63, 3.8) is 0 Å². The van der Waals surface area contributed by atoms with E-state index in [1.165, 1.54) is 14.0 Å². The molecule has 0 saturated heterocycles. The zero-order valence-electron chi connectivity index (χ0n) is 11.2. The van der Waals surface area contributed by atoms with Crippen LogP contribution < -0.4 is 5.32 Å². The third kappa shape index (κ3) is 4.54. The van der Waals surface area contributed by atoms with Gasteiger partial charge in [0.05, 0.1) is 13.0 Å². The first kappa shape index (κ1) is 14.9. The molecule has 0 heterocycles. The van der Waals surface area contributed by atoms with Gasteiger partial charge in [0.1, 0.15) is 0 Å². The molecule has 5 nitrogen and oxygen atoms in total. The maximum absolute atomic E-state index is 11.7. The van der Waals surface area contributed by atoms with Gasteiger partial charge in [0.2, 0.25) is 5.91 Å². The molecule has 0 spiro atoms. The Kier molecular flexibility index (Phi) is 5.23. The van der Waals surface area contributed by atoms with Crippen molar-refractivity contribution in [3.8, 4) is 0 Å². The van der Waals surface area contributed by atoms with Crippen LogP contribution in [0.1, 0.15) is 30.6 Å². The fourth-order valence-corrected chi connectivity index (χ4v) is 1.56. The second-order valence-corrected chi connectivity index (χ2v) is 4.31. The number of carbonyl (C=O) groups excluding carboxylic acids is 3. The minimum absolute atomic E-state index is 0.0304. The third-order valence-corrected chi connectivity index (χ3v) is 2.67. The standard InChI is InChI=1S/C14H17NO4/c1-9(14(18)19-3)8-13(17)15-12-6-4-11(5-7-12)10(2)16/h4-7,9H,8H2,1-3H3,(H,15,17). The van der Waals surface area contributed by atoms with E-state index in [2.05, 4.69) is 10.1 Å². The number of Topliss-reactive ketones (excluding diaryl/α,β-unsaturated/α-hetero) is 1. The van der Waals surface area contributed by atoms with Gasteiger partial charge in [0.25, 0.3) is 0 Å². The quantitative estimate of drug-likeness (QED) is 0.651. The Hall–Kier alpha value is -2.17. The van der Waals surface area contributed by atoms with E-state index in [0.29, 0.717) is 11.3 Å². The summed E-state index contributed by atoms with van der Waals surface area (Å²) in [6, 6.07) is 6.58. The molecule has 0 aromatic heterocycles. The molecule has 1 rings (SSSR count). The molecular formula is C14H17NO4. The van der Waals surface area contributed by atoms with Gasteiger partial charge in [-0.2, -0.15) is 0 Å². The first-order chi connectivity index (χ1) is 8.93. The Bertz CT molecular complexity index is 479. The summed E-state index contributed by atoms with van der Waals surface area (Å²) in [6.07, 6.45) is 0.0567. The van der Waals surface area contributed by atoms with Crippen molar-refractivity contribution in [2.75, 3.05) is 12.4 Å². The van der Waals surface area contributed by atoms with E-state index in [9.17, 15) is 14.4 Å². The smallest absolute Gasteiger partial charge is 0.308 e. The van der Waals surface area contributed by atoms with Crippen LogP contribution in [0.15, 0.2) is 24.3 Å². The average Bonchev–Trinajstić information content (AvgIpc) is 2.38. The van der Waals surface area contributed by atoms with Gasteiger partial charge in [-0.1, -0.05) is 6.92 Å². The number of anilines is 1. The molecule has 102 valence electrons. The highest BCUT2D eigenvalue weighted by atomic mass is 16.5. The number of methoxy groups -OCH3 is 1. The van der Waals surface area contributed by atoms with Crippen LogP contribution in [0.3, 0.4) is 0 Å². The number of hydrogen-bond donors (Lipinski definition) is 1. The zero-order valence-corrected chi connectivity index (χ0v) is 11.2. The highest BCUT2D eigenvalue weighted by Gasteiger charge is 2.17. The summed E-state index contributed by atoms with van der Waals surface area (Å²) in [4.78, 5) is 33.9. The van der Waals surface area contributed by atoms with Crippen LogP contribution in [0, 0.1) is 5.92 Å². The largest absolute Gasteiger partial charge is 0.469 e. The summed E-state index contributed by atoms with van der Waals surface area (Å²) in [6.45, 7) is 3.11. The molecule has 1 amide bonds. The van der Waals surface area contributed by atoms with Gasteiger partial charge in [-0.15, -0.1) is 0 Å². The first-order valence-electron chi connectivity index (χ1n) is 5.92. The van der Waals surface area contributed by atoms with E-state index in [1.54, 1.807) is 31.2 Å². The molecule has 0 aliphatic heterocycles. The third-order valence-electron chi connectivity index (χ3n) is 2.67. The summed E-state index contributed by atoms with van der Waals surface area (Å²) in [5.74, 6) is -1.20. The summed E-state index contributed by atoms with van der Waals surface area (Å²) >= 11 is 0. The number of rotatable bonds is 5. The van der Waals surface area contributed by atoms with Crippen molar-refractivity contribution in [1.29, 1.82) is 0 Å². The normalized spacial score (nSPS) is 11.5. The lowest BCUT2D eigenvalue weighted by molar-refractivity contribution is -0.146. The van der Waals surface area contributed by atoms with Crippen LogP contribution in [-0.4, -0.2) is 24.8 Å². The van der Waals surface area contributed by atoms with Gasteiger partial charge in [-0.3, -0.25) is 14.4 Å². The van der Waals surface area contributed by atoms with Gasteiger partial charge in [0, 0.05) is 17.7 Å². The minimum atomic E-state index is -0.485. The summed E-state index contributed by atoms with van der Waals surface area (Å²) in [5, 5.41) is 2.66. The summed E-state index contributed by atoms with van der Waals surface area (Å²) in [7, 11) is 1.29. The summed E-state index contributed by atoms with van der Waals surface area (Å²) < 4.78 is 4.55. The number of hydrogen-bond acceptors (Lipinski definition) is 4. The van der Waals surface area contributed by atoms with E-state index < -0.39 is 11.9 Å². The van der Waals surface area contributed by atoms with Crippen molar-refractivity contribution in [3.05, 3.63) is 29.8 Å². The molecule has 0 aliphatic rings. The molecule has 1 atom stereocenters. The van der Waals surface area contributed by atoms with Crippen molar-refractivity contribution in [2.24, 2.45) is 5.92 Å². The highest BCUT2D eigenvalue weighted by molar-refractivity contribution is 5.96. The molecule has 1 aromatic carbocycles. The Balaban J connectivity index is 2.57. The predicted octanol–water partition coefficient (Wildman–Crippen LogP) is 2.03. The Morgan fingerprint density at radius 3 is 2.26 bits per heavy atom. The molecule has 0 saturated carbocycles. The van der Waals surface area contributed by atoms with Crippen LogP contribution >= 0.6 is 0 Å². The molecule has 0 fully saturated rings. The lowest BCUT2D eigenvalue weighted by atomic mass is 10.1. The molecule has 1 aromatic rings. The second-order valence-electron chi connectivity index (χ2n) is 4.31. The average molecular weight is 263 g/mol. The lowest BCUT2D eigenvalue weighted by Crippen LogP contribution is -2.21. The van der Waals surface area contributed by atoms with E-state index >= 15 is 0 Å². The SMILES string of the molecule is COC(=O)C(C)CC(=O)Nc1ccc(C(C)=O)cc1. The Morgan fingerprint density at radius 1 is 1.21 bits per heavy atom. The van der Waals surface area contributed by atoms with Crippen LogP contribution in [0.25, 0.3) is 0 Å².